The summed E-state index contributed by atoms with van der Waals surface area (Å²) < 4.78 is 12.5. The highest BCUT2D eigenvalue weighted by Crippen LogP contribution is 2.36. The lowest BCUT2D eigenvalue weighted by Crippen LogP contribution is -1.97. The molecule has 0 aliphatic heterocycles. The molecule has 23 heavy (non-hydrogen) atoms. The molecule has 2 aromatic heterocycles. The molecular formula is C17H16N2O3S. The lowest BCUT2D eigenvalue weighted by atomic mass is 10.1. The van der Waals surface area contributed by atoms with E-state index in [2.05, 4.69) is 4.98 Å². The number of aldehydes is 1. The number of nitrogens with zero attached hydrogens (tertiary/aromatic N) is 2. The number of thiazole rings is 1. The van der Waals surface area contributed by atoms with E-state index in [1.165, 1.54) is 11.3 Å². The van der Waals surface area contributed by atoms with Crippen molar-refractivity contribution in [3.05, 3.63) is 47.1 Å². The number of carbonyl (C=O) groups is 1. The Bertz CT molecular complexity index is 851. The largest absolute Gasteiger partial charge is 0.493 e. The summed E-state index contributed by atoms with van der Waals surface area (Å²) in [6.45, 7) is 2.00. The molecule has 6 heteroatoms. The summed E-state index contributed by atoms with van der Waals surface area (Å²) in [5, 5.41) is 2.72. The second-order valence-corrected chi connectivity index (χ2v) is 5.79. The standard InChI is InChI=1S/C17H16N2O3S/c1-11-7-15(21-2)16(22-3)8-13(11)14-10-23-17(18-14)19-6-4-5-12(19)9-20/h4-10H,1-3H3. The third kappa shape index (κ3) is 2.73. The van der Waals surface area contributed by atoms with Crippen LogP contribution < -0.4 is 9.47 Å². The molecule has 0 N–H and O–H groups in total. The monoisotopic (exact) mass is 328 g/mol. The SMILES string of the molecule is COc1cc(C)c(-c2csc(-n3cccc3C=O)n2)cc1OC. The Morgan fingerprint density at radius 1 is 1.22 bits per heavy atom. The van der Waals surface area contributed by atoms with Gasteiger partial charge in [0.15, 0.2) is 22.9 Å². The smallest absolute Gasteiger partial charge is 0.194 e. The van der Waals surface area contributed by atoms with E-state index in [9.17, 15) is 4.79 Å². The Kier molecular flexibility index (Phi) is 4.16. The second kappa shape index (κ2) is 6.26. The van der Waals surface area contributed by atoms with Crippen LogP contribution in [0, 0.1) is 6.92 Å². The van der Waals surface area contributed by atoms with Crippen molar-refractivity contribution in [2.24, 2.45) is 0 Å². The maximum atomic E-state index is 11.1. The van der Waals surface area contributed by atoms with Crippen molar-refractivity contribution in [2.45, 2.75) is 6.92 Å². The molecule has 0 saturated heterocycles. The van der Waals surface area contributed by atoms with Gasteiger partial charge in [0.05, 0.1) is 25.6 Å². The maximum absolute atomic E-state index is 11.1. The molecule has 3 aromatic rings. The number of carbonyl (C=O) groups excluding carboxylic acids is 1. The van der Waals surface area contributed by atoms with Gasteiger partial charge in [0.1, 0.15) is 0 Å². The van der Waals surface area contributed by atoms with Crippen LogP contribution in [0.1, 0.15) is 16.1 Å². The molecule has 0 bridgehead atoms. The van der Waals surface area contributed by atoms with Gasteiger partial charge in [0, 0.05) is 17.1 Å². The first-order valence-electron chi connectivity index (χ1n) is 6.99. The Hall–Kier alpha value is -2.60. The number of aryl methyl sites for hydroxylation is 1. The van der Waals surface area contributed by atoms with E-state index in [1.807, 2.05) is 36.7 Å². The minimum atomic E-state index is 0.579. The number of rotatable bonds is 5. The van der Waals surface area contributed by atoms with Gasteiger partial charge in [-0.3, -0.25) is 9.36 Å². The molecule has 0 amide bonds. The van der Waals surface area contributed by atoms with Crippen LogP contribution in [-0.4, -0.2) is 30.1 Å². The lowest BCUT2D eigenvalue weighted by molar-refractivity contribution is 0.111. The summed E-state index contributed by atoms with van der Waals surface area (Å²) in [6.07, 6.45) is 2.65. The fraction of sp³-hybridized carbons (Fsp3) is 0.176. The Balaban J connectivity index is 2.05. The minimum absolute atomic E-state index is 0.579. The first kappa shape index (κ1) is 15.3. The lowest BCUT2D eigenvalue weighted by Gasteiger charge is -2.11. The van der Waals surface area contributed by atoms with Crippen molar-refractivity contribution >= 4 is 17.6 Å². The fourth-order valence-corrected chi connectivity index (χ4v) is 3.25. The number of hydrogen-bond donors (Lipinski definition) is 0. The fourth-order valence-electron chi connectivity index (χ4n) is 2.42. The van der Waals surface area contributed by atoms with Gasteiger partial charge in [0.2, 0.25) is 0 Å². The van der Waals surface area contributed by atoms with Crippen LogP contribution in [0.3, 0.4) is 0 Å². The van der Waals surface area contributed by atoms with Crippen LogP contribution in [0.4, 0.5) is 0 Å². The van der Waals surface area contributed by atoms with Gasteiger partial charge in [-0.25, -0.2) is 4.98 Å². The van der Waals surface area contributed by atoms with Crippen LogP contribution in [0.25, 0.3) is 16.4 Å². The van der Waals surface area contributed by atoms with Gasteiger partial charge in [-0.2, -0.15) is 0 Å². The summed E-state index contributed by atoms with van der Waals surface area (Å²) in [4.78, 5) is 15.7. The van der Waals surface area contributed by atoms with Crippen molar-refractivity contribution in [3.63, 3.8) is 0 Å². The average Bonchev–Trinajstić information content (AvgIpc) is 3.22. The Morgan fingerprint density at radius 2 is 1.96 bits per heavy atom. The van der Waals surface area contributed by atoms with Crippen molar-refractivity contribution in [1.29, 1.82) is 0 Å². The zero-order valence-corrected chi connectivity index (χ0v) is 13.9. The number of benzene rings is 1. The normalized spacial score (nSPS) is 10.6. The average molecular weight is 328 g/mol. The third-order valence-electron chi connectivity index (χ3n) is 3.61. The molecule has 0 unspecified atom stereocenters. The molecule has 0 aliphatic carbocycles. The molecule has 118 valence electrons. The zero-order chi connectivity index (χ0) is 16.4. The van der Waals surface area contributed by atoms with E-state index in [0.717, 1.165) is 28.2 Å². The first-order chi connectivity index (χ1) is 11.2. The van der Waals surface area contributed by atoms with Gasteiger partial charge in [-0.05, 0) is 36.8 Å². The topological polar surface area (TPSA) is 53.4 Å². The van der Waals surface area contributed by atoms with Crippen LogP contribution in [0.2, 0.25) is 0 Å². The molecular weight excluding hydrogens is 312 g/mol. The van der Waals surface area contributed by atoms with E-state index in [1.54, 1.807) is 24.9 Å². The quantitative estimate of drug-likeness (QED) is 0.670. The number of aromatic nitrogens is 2. The van der Waals surface area contributed by atoms with E-state index in [0.29, 0.717) is 17.2 Å². The van der Waals surface area contributed by atoms with Gasteiger partial charge in [-0.15, -0.1) is 11.3 Å². The number of ether oxygens (including phenoxy) is 2. The molecule has 3 rings (SSSR count). The summed E-state index contributed by atoms with van der Waals surface area (Å²) in [5.41, 5.74) is 3.44. The van der Waals surface area contributed by atoms with Crippen LogP contribution >= 0.6 is 11.3 Å². The first-order valence-corrected chi connectivity index (χ1v) is 7.87. The number of hydrogen-bond acceptors (Lipinski definition) is 5. The Morgan fingerprint density at radius 3 is 2.65 bits per heavy atom. The summed E-state index contributed by atoms with van der Waals surface area (Å²) in [5.74, 6) is 1.36. The zero-order valence-electron chi connectivity index (χ0n) is 13.1. The highest BCUT2D eigenvalue weighted by molar-refractivity contribution is 7.12. The third-order valence-corrected chi connectivity index (χ3v) is 4.45. The minimum Gasteiger partial charge on any atom is -0.493 e. The van der Waals surface area contributed by atoms with E-state index >= 15 is 0 Å². The van der Waals surface area contributed by atoms with Gasteiger partial charge < -0.3 is 9.47 Å². The molecule has 0 radical (unpaired) electrons. The van der Waals surface area contributed by atoms with Crippen LogP contribution in [0.15, 0.2) is 35.8 Å². The molecule has 0 aliphatic rings. The summed E-state index contributed by atoms with van der Waals surface area (Å²) >= 11 is 1.48. The number of methoxy groups -OCH3 is 2. The highest BCUT2D eigenvalue weighted by atomic mass is 32.1. The van der Waals surface area contributed by atoms with Crippen molar-refractivity contribution < 1.29 is 14.3 Å². The predicted octanol–water partition coefficient (Wildman–Crippen LogP) is 3.74. The van der Waals surface area contributed by atoms with Crippen LogP contribution in [0.5, 0.6) is 11.5 Å². The predicted molar refractivity (Wildman–Crippen MR) is 90.1 cm³/mol. The van der Waals surface area contributed by atoms with Crippen molar-refractivity contribution in [1.82, 2.24) is 9.55 Å². The summed E-state index contributed by atoms with van der Waals surface area (Å²) in [6, 6.07) is 7.44. The van der Waals surface area contributed by atoms with Gasteiger partial charge >= 0.3 is 0 Å². The molecule has 5 nitrogen and oxygen atoms in total. The van der Waals surface area contributed by atoms with Crippen LogP contribution in [-0.2, 0) is 0 Å². The van der Waals surface area contributed by atoms with Gasteiger partial charge in [-0.1, -0.05) is 0 Å². The summed E-state index contributed by atoms with van der Waals surface area (Å²) in [7, 11) is 3.23. The van der Waals surface area contributed by atoms with E-state index in [4.69, 9.17) is 9.47 Å². The highest BCUT2D eigenvalue weighted by Gasteiger charge is 2.14. The molecule has 0 fully saturated rings. The molecule has 0 spiro atoms. The van der Waals surface area contributed by atoms with E-state index in [-0.39, 0.29) is 0 Å². The van der Waals surface area contributed by atoms with Crippen molar-refractivity contribution in [3.8, 4) is 27.9 Å². The van der Waals surface area contributed by atoms with Crippen molar-refractivity contribution in [2.75, 3.05) is 14.2 Å². The molecule has 1 aromatic carbocycles. The van der Waals surface area contributed by atoms with E-state index < -0.39 is 0 Å². The maximum Gasteiger partial charge on any atom is 0.194 e. The molecule has 2 heterocycles. The molecule has 0 saturated carbocycles. The second-order valence-electron chi connectivity index (χ2n) is 4.96. The molecule has 0 atom stereocenters. The van der Waals surface area contributed by atoms with Gasteiger partial charge in [0.25, 0.3) is 0 Å². The Labute approximate surface area is 138 Å².